The van der Waals surface area contributed by atoms with E-state index < -0.39 is 23.6 Å². The van der Waals surface area contributed by atoms with Crippen LogP contribution in [-0.2, 0) is 15.7 Å². The van der Waals surface area contributed by atoms with Gasteiger partial charge in [0.1, 0.15) is 29.7 Å². The SMILES string of the molecule is COc1ccc([C@@]2(C)NC(=O)N(C[C@H](O)COc3ccc(C(C)(C)C)cc3)C2=O)cc1. The smallest absolute Gasteiger partial charge is 0.325 e. The van der Waals surface area contributed by atoms with E-state index in [2.05, 4.69) is 26.1 Å². The average molecular weight is 427 g/mol. The third kappa shape index (κ3) is 4.82. The zero-order chi connectivity index (χ0) is 22.8. The Kier molecular flexibility index (Phi) is 6.27. The molecule has 2 atom stereocenters. The number of hydrogen-bond acceptors (Lipinski definition) is 5. The van der Waals surface area contributed by atoms with Crippen LogP contribution in [0.4, 0.5) is 4.79 Å². The molecule has 0 aliphatic carbocycles. The van der Waals surface area contributed by atoms with E-state index in [4.69, 9.17) is 9.47 Å². The van der Waals surface area contributed by atoms with E-state index in [0.29, 0.717) is 17.1 Å². The lowest BCUT2D eigenvalue weighted by molar-refractivity contribution is -0.132. The predicted octanol–water partition coefficient (Wildman–Crippen LogP) is 3.20. The first kappa shape index (κ1) is 22.6. The van der Waals surface area contributed by atoms with Gasteiger partial charge in [-0.1, -0.05) is 45.0 Å². The van der Waals surface area contributed by atoms with Gasteiger partial charge in [0.25, 0.3) is 5.91 Å². The van der Waals surface area contributed by atoms with Crippen molar-refractivity contribution >= 4 is 11.9 Å². The van der Waals surface area contributed by atoms with Gasteiger partial charge in [0.15, 0.2) is 0 Å². The van der Waals surface area contributed by atoms with Crippen molar-refractivity contribution in [3.63, 3.8) is 0 Å². The van der Waals surface area contributed by atoms with Crippen LogP contribution in [0, 0.1) is 0 Å². The Bertz CT molecular complexity index is 934. The molecule has 2 N–H and O–H groups in total. The Morgan fingerprint density at radius 2 is 1.61 bits per heavy atom. The highest BCUT2D eigenvalue weighted by Crippen LogP contribution is 2.30. The van der Waals surface area contributed by atoms with Crippen LogP contribution in [0.15, 0.2) is 48.5 Å². The highest BCUT2D eigenvalue weighted by atomic mass is 16.5. The minimum atomic E-state index is -1.20. The Balaban J connectivity index is 1.61. The number of aliphatic hydroxyl groups excluding tert-OH is 1. The molecule has 1 fully saturated rings. The second-order valence-corrected chi connectivity index (χ2v) is 8.94. The number of amides is 3. The van der Waals surface area contributed by atoms with Crippen molar-refractivity contribution in [2.24, 2.45) is 0 Å². The molecule has 0 radical (unpaired) electrons. The number of urea groups is 1. The van der Waals surface area contributed by atoms with E-state index in [1.54, 1.807) is 38.3 Å². The molecule has 1 heterocycles. The fourth-order valence-corrected chi connectivity index (χ4v) is 3.49. The third-order valence-electron chi connectivity index (χ3n) is 5.50. The minimum Gasteiger partial charge on any atom is -0.497 e. The van der Waals surface area contributed by atoms with Gasteiger partial charge in [0.05, 0.1) is 13.7 Å². The van der Waals surface area contributed by atoms with E-state index in [0.717, 1.165) is 4.90 Å². The first-order chi connectivity index (χ1) is 14.5. The monoisotopic (exact) mass is 426 g/mol. The lowest BCUT2D eigenvalue weighted by atomic mass is 9.87. The number of hydrogen-bond donors (Lipinski definition) is 2. The molecular formula is C24H30N2O5. The molecule has 7 nitrogen and oxygen atoms in total. The molecule has 1 aliphatic heterocycles. The lowest BCUT2D eigenvalue weighted by Gasteiger charge is -2.23. The molecule has 1 aliphatic rings. The van der Waals surface area contributed by atoms with E-state index in [-0.39, 0.29) is 18.6 Å². The zero-order valence-electron chi connectivity index (χ0n) is 18.6. The van der Waals surface area contributed by atoms with Crippen molar-refractivity contribution in [3.8, 4) is 11.5 Å². The number of aliphatic hydroxyl groups is 1. The van der Waals surface area contributed by atoms with Crippen LogP contribution in [0.3, 0.4) is 0 Å². The number of β-amino-alcohol motifs (C(OH)–C–C–N with tert-alkyl or cyclic N) is 1. The highest BCUT2D eigenvalue weighted by molar-refractivity contribution is 6.07. The Morgan fingerprint density at radius 3 is 2.16 bits per heavy atom. The molecule has 0 unspecified atom stereocenters. The maximum absolute atomic E-state index is 13.0. The maximum Gasteiger partial charge on any atom is 0.325 e. The van der Waals surface area contributed by atoms with Crippen LogP contribution in [0.5, 0.6) is 11.5 Å². The average Bonchev–Trinajstić information content (AvgIpc) is 2.96. The molecule has 0 saturated carbocycles. The van der Waals surface area contributed by atoms with Crippen molar-refractivity contribution < 1.29 is 24.2 Å². The summed E-state index contributed by atoms with van der Waals surface area (Å²) in [4.78, 5) is 26.5. The van der Waals surface area contributed by atoms with E-state index in [9.17, 15) is 14.7 Å². The largest absolute Gasteiger partial charge is 0.497 e. The normalized spacial score (nSPS) is 19.9. The fraction of sp³-hybridized carbons (Fsp3) is 0.417. The molecule has 0 aromatic heterocycles. The van der Waals surface area contributed by atoms with Gasteiger partial charge in [-0.25, -0.2) is 4.79 Å². The van der Waals surface area contributed by atoms with Crippen molar-refractivity contribution in [2.75, 3.05) is 20.3 Å². The quantitative estimate of drug-likeness (QED) is 0.664. The molecule has 0 spiro atoms. The van der Waals surface area contributed by atoms with Gasteiger partial charge in [-0.15, -0.1) is 0 Å². The first-order valence-electron chi connectivity index (χ1n) is 10.2. The van der Waals surface area contributed by atoms with Crippen molar-refractivity contribution in [1.82, 2.24) is 10.2 Å². The fourth-order valence-electron chi connectivity index (χ4n) is 3.49. The van der Waals surface area contributed by atoms with Gasteiger partial charge in [0.2, 0.25) is 0 Å². The topological polar surface area (TPSA) is 88.1 Å². The van der Waals surface area contributed by atoms with E-state index in [1.807, 2.05) is 24.3 Å². The summed E-state index contributed by atoms with van der Waals surface area (Å²) in [5, 5.41) is 13.1. The number of rotatable bonds is 7. The van der Waals surface area contributed by atoms with Crippen molar-refractivity contribution in [3.05, 3.63) is 59.7 Å². The number of nitrogens with one attached hydrogen (secondary N) is 1. The van der Waals surface area contributed by atoms with Gasteiger partial charge in [-0.2, -0.15) is 0 Å². The third-order valence-corrected chi connectivity index (χ3v) is 5.50. The van der Waals surface area contributed by atoms with Crippen LogP contribution in [0.1, 0.15) is 38.8 Å². The molecule has 7 heteroatoms. The van der Waals surface area contributed by atoms with Crippen LogP contribution in [0.2, 0.25) is 0 Å². The number of carbonyl (C=O) groups is 2. The minimum absolute atomic E-state index is 0.0365. The summed E-state index contributed by atoms with van der Waals surface area (Å²) in [6, 6.07) is 14.1. The summed E-state index contributed by atoms with van der Waals surface area (Å²) in [5.74, 6) is 0.854. The van der Waals surface area contributed by atoms with E-state index in [1.165, 1.54) is 5.56 Å². The summed E-state index contributed by atoms with van der Waals surface area (Å²) < 4.78 is 10.8. The van der Waals surface area contributed by atoms with Crippen LogP contribution < -0.4 is 14.8 Å². The predicted molar refractivity (Wildman–Crippen MR) is 117 cm³/mol. The van der Waals surface area contributed by atoms with Crippen LogP contribution >= 0.6 is 0 Å². The summed E-state index contributed by atoms with van der Waals surface area (Å²) >= 11 is 0. The molecule has 166 valence electrons. The molecule has 1 saturated heterocycles. The number of ether oxygens (including phenoxy) is 2. The number of imide groups is 1. The van der Waals surface area contributed by atoms with Gasteiger partial charge in [0, 0.05) is 0 Å². The highest BCUT2D eigenvalue weighted by Gasteiger charge is 2.49. The summed E-state index contributed by atoms with van der Waals surface area (Å²) in [6.45, 7) is 7.84. The molecule has 0 bridgehead atoms. The molecule has 2 aromatic rings. The Labute approximate surface area is 183 Å². The standard InChI is InChI=1S/C24H30N2O5/c1-23(2,3)16-6-12-20(13-7-16)31-15-18(27)14-26-21(28)24(4,25-22(26)29)17-8-10-19(30-5)11-9-17/h6-13,18,27H,14-15H2,1-5H3,(H,25,29)/t18-,24+/m0/s1. The maximum atomic E-state index is 13.0. The zero-order valence-corrected chi connectivity index (χ0v) is 18.6. The Hall–Kier alpha value is -3.06. The number of methoxy groups -OCH3 is 1. The Morgan fingerprint density at radius 1 is 1.03 bits per heavy atom. The van der Waals surface area contributed by atoms with E-state index >= 15 is 0 Å². The van der Waals surface area contributed by atoms with Gasteiger partial charge in [-0.05, 0) is 47.7 Å². The van der Waals surface area contributed by atoms with Crippen LogP contribution in [0.25, 0.3) is 0 Å². The van der Waals surface area contributed by atoms with Gasteiger partial charge in [-0.3, -0.25) is 9.69 Å². The lowest BCUT2D eigenvalue weighted by Crippen LogP contribution is -2.42. The first-order valence-corrected chi connectivity index (χ1v) is 10.2. The summed E-state index contributed by atoms with van der Waals surface area (Å²) in [7, 11) is 1.56. The van der Waals surface area contributed by atoms with Crippen molar-refractivity contribution in [2.45, 2.75) is 44.8 Å². The molecule has 3 rings (SSSR count). The summed E-state index contributed by atoms with van der Waals surface area (Å²) in [5.41, 5.74) is 0.654. The van der Waals surface area contributed by atoms with Gasteiger partial charge >= 0.3 is 6.03 Å². The molecule has 2 aromatic carbocycles. The second kappa shape index (κ2) is 8.59. The summed E-state index contributed by atoms with van der Waals surface area (Å²) in [6.07, 6.45) is -1.02. The molecular weight excluding hydrogens is 396 g/mol. The molecule has 3 amide bonds. The van der Waals surface area contributed by atoms with Gasteiger partial charge < -0.3 is 19.9 Å². The molecule has 31 heavy (non-hydrogen) atoms. The van der Waals surface area contributed by atoms with Crippen molar-refractivity contribution in [1.29, 1.82) is 0 Å². The number of nitrogens with zero attached hydrogens (tertiary/aromatic N) is 1. The number of carbonyl (C=O) groups excluding carboxylic acids is 2. The van der Waals surface area contributed by atoms with Crippen LogP contribution in [-0.4, -0.2) is 48.3 Å². The second-order valence-electron chi connectivity index (χ2n) is 8.94. The number of benzene rings is 2.